The van der Waals surface area contributed by atoms with E-state index in [1.54, 1.807) is 6.92 Å². The van der Waals surface area contributed by atoms with Gasteiger partial charge in [-0.15, -0.1) is 0 Å². The van der Waals surface area contributed by atoms with Crippen LogP contribution in [0.2, 0.25) is 0 Å². The molecule has 0 aliphatic heterocycles. The summed E-state index contributed by atoms with van der Waals surface area (Å²) in [4.78, 5) is 11.6. The van der Waals surface area contributed by atoms with Gasteiger partial charge in [0, 0.05) is 18.4 Å². The molecule has 0 bridgehead atoms. The summed E-state index contributed by atoms with van der Waals surface area (Å²) in [5.74, 6) is 0.0666. The molecule has 0 saturated carbocycles. The van der Waals surface area contributed by atoms with Crippen LogP contribution >= 0.6 is 11.8 Å². The van der Waals surface area contributed by atoms with Crippen LogP contribution in [0, 0.1) is 0 Å². The molecule has 2 N–H and O–H groups in total. The summed E-state index contributed by atoms with van der Waals surface area (Å²) < 4.78 is 37.2. The normalized spacial score (nSPS) is 14.8. The minimum absolute atomic E-state index is 0.101. The number of benzene rings is 1. The molecule has 0 radical (unpaired) electrons. The number of carbonyl (C=O) groups is 1. The van der Waals surface area contributed by atoms with Crippen molar-refractivity contribution in [2.75, 3.05) is 18.6 Å². The van der Waals surface area contributed by atoms with Crippen molar-refractivity contribution < 1.29 is 23.1 Å². The first-order chi connectivity index (χ1) is 10.1. The van der Waals surface area contributed by atoms with Crippen LogP contribution in [0.4, 0.5) is 13.2 Å². The Morgan fingerprint density at radius 1 is 1.32 bits per heavy atom. The van der Waals surface area contributed by atoms with Crippen molar-refractivity contribution in [3.63, 3.8) is 0 Å². The second kappa shape index (κ2) is 7.69. The van der Waals surface area contributed by atoms with E-state index in [1.165, 1.54) is 36.0 Å². The van der Waals surface area contributed by atoms with Crippen molar-refractivity contribution in [3.8, 4) is 0 Å². The summed E-state index contributed by atoms with van der Waals surface area (Å²) in [7, 11) is 0. The van der Waals surface area contributed by atoms with Gasteiger partial charge in [0.25, 0.3) is 0 Å². The predicted molar refractivity (Wildman–Crippen MR) is 82.5 cm³/mol. The molecule has 0 saturated heterocycles. The number of halogens is 3. The summed E-state index contributed by atoms with van der Waals surface area (Å²) in [5, 5.41) is 12.4. The molecular formula is C15H18F3NO2S. The van der Waals surface area contributed by atoms with Gasteiger partial charge >= 0.3 is 6.18 Å². The Kier molecular flexibility index (Phi) is 6.49. The van der Waals surface area contributed by atoms with Gasteiger partial charge in [-0.25, -0.2) is 0 Å². The van der Waals surface area contributed by atoms with Crippen molar-refractivity contribution >= 4 is 23.7 Å². The van der Waals surface area contributed by atoms with Crippen molar-refractivity contribution in [2.45, 2.75) is 18.7 Å². The lowest BCUT2D eigenvalue weighted by atomic mass is 10.1. The summed E-state index contributed by atoms with van der Waals surface area (Å²) in [6.07, 6.45) is 0.111. The highest BCUT2D eigenvalue weighted by atomic mass is 32.2. The molecule has 22 heavy (non-hydrogen) atoms. The minimum atomic E-state index is -4.37. The Labute approximate surface area is 131 Å². The molecule has 1 amide bonds. The molecule has 1 rings (SSSR count). The lowest BCUT2D eigenvalue weighted by molar-refractivity contribution is -0.137. The molecule has 0 aliphatic carbocycles. The van der Waals surface area contributed by atoms with Gasteiger partial charge in [-0.2, -0.15) is 24.9 Å². The van der Waals surface area contributed by atoms with Gasteiger partial charge in [-0.3, -0.25) is 4.79 Å². The van der Waals surface area contributed by atoms with Gasteiger partial charge in [0.1, 0.15) is 0 Å². The zero-order chi connectivity index (χ0) is 16.8. The van der Waals surface area contributed by atoms with E-state index in [4.69, 9.17) is 0 Å². The lowest BCUT2D eigenvalue weighted by Crippen LogP contribution is -2.41. The van der Waals surface area contributed by atoms with Gasteiger partial charge in [0.05, 0.1) is 11.2 Å². The lowest BCUT2D eigenvalue weighted by Gasteiger charge is -2.21. The van der Waals surface area contributed by atoms with Crippen LogP contribution in [0.5, 0.6) is 0 Å². The highest BCUT2D eigenvalue weighted by Gasteiger charge is 2.29. The molecule has 0 spiro atoms. The number of aliphatic hydroxyl groups is 1. The molecule has 122 valence electrons. The van der Waals surface area contributed by atoms with Gasteiger partial charge < -0.3 is 10.4 Å². The molecule has 1 aromatic carbocycles. The molecule has 3 nitrogen and oxygen atoms in total. The predicted octanol–water partition coefficient (Wildman–Crippen LogP) is 2.95. The average molecular weight is 333 g/mol. The quantitative estimate of drug-likeness (QED) is 0.787. The van der Waals surface area contributed by atoms with E-state index in [0.29, 0.717) is 11.3 Å². The highest BCUT2D eigenvalue weighted by molar-refractivity contribution is 7.98. The number of thioether (sulfide) groups is 1. The van der Waals surface area contributed by atoms with Crippen molar-refractivity contribution in [1.82, 2.24) is 5.32 Å². The standard InChI is InChI=1S/C15H18F3NO2S/c1-14(21,10-22-2)9-19-13(20)8-5-11-3-6-12(7-4-11)15(16,17)18/h3-8,21H,9-10H2,1-2H3,(H,19,20). The Morgan fingerprint density at radius 3 is 2.41 bits per heavy atom. The van der Waals surface area contributed by atoms with Crippen LogP contribution in [0.1, 0.15) is 18.1 Å². The minimum Gasteiger partial charge on any atom is -0.387 e. The van der Waals surface area contributed by atoms with Gasteiger partial charge in [0.15, 0.2) is 0 Å². The second-order valence-corrected chi connectivity index (χ2v) is 5.97. The zero-order valence-electron chi connectivity index (χ0n) is 12.3. The summed E-state index contributed by atoms with van der Waals surface area (Å²) in [5.41, 5.74) is -1.25. The van der Waals surface area contributed by atoms with E-state index in [1.807, 2.05) is 6.26 Å². The van der Waals surface area contributed by atoms with Crippen molar-refractivity contribution in [2.24, 2.45) is 0 Å². The van der Waals surface area contributed by atoms with E-state index >= 15 is 0 Å². The maximum absolute atomic E-state index is 12.4. The molecule has 0 aromatic heterocycles. The third-order valence-electron chi connectivity index (χ3n) is 2.76. The Balaban J connectivity index is 2.56. The topological polar surface area (TPSA) is 49.3 Å². The first-order valence-corrected chi connectivity index (χ1v) is 7.88. The molecule has 0 aliphatic rings. The highest BCUT2D eigenvalue weighted by Crippen LogP contribution is 2.29. The molecule has 1 aromatic rings. The SMILES string of the molecule is CSCC(C)(O)CNC(=O)C=Cc1ccc(C(F)(F)F)cc1. The maximum atomic E-state index is 12.4. The van der Waals surface area contributed by atoms with E-state index in [2.05, 4.69) is 5.32 Å². The first-order valence-electron chi connectivity index (χ1n) is 6.48. The van der Waals surface area contributed by atoms with Crippen LogP contribution in [0.3, 0.4) is 0 Å². The Morgan fingerprint density at radius 2 is 1.91 bits per heavy atom. The van der Waals surface area contributed by atoms with Crippen LogP contribution in [-0.2, 0) is 11.0 Å². The third-order valence-corrected chi connectivity index (χ3v) is 3.67. The summed E-state index contributed by atoms with van der Waals surface area (Å²) >= 11 is 1.46. The maximum Gasteiger partial charge on any atom is 0.416 e. The van der Waals surface area contributed by atoms with Crippen LogP contribution in [-0.4, -0.2) is 35.2 Å². The molecular weight excluding hydrogens is 315 g/mol. The monoisotopic (exact) mass is 333 g/mol. The number of amides is 1. The van der Waals surface area contributed by atoms with Gasteiger partial charge in [0.2, 0.25) is 5.91 Å². The van der Waals surface area contributed by atoms with Crippen molar-refractivity contribution in [1.29, 1.82) is 0 Å². The van der Waals surface area contributed by atoms with Gasteiger partial charge in [-0.05, 0) is 37.0 Å². The second-order valence-electron chi connectivity index (χ2n) is 5.10. The van der Waals surface area contributed by atoms with Gasteiger partial charge in [-0.1, -0.05) is 12.1 Å². The third kappa shape index (κ3) is 6.53. The van der Waals surface area contributed by atoms with E-state index < -0.39 is 23.2 Å². The summed E-state index contributed by atoms with van der Waals surface area (Å²) in [6.45, 7) is 1.72. The molecule has 0 fully saturated rings. The van der Waals surface area contributed by atoms with Crippen molar-refractivity contribution in [3.05, 3.63) is 41.5 Å². The summed E-state index contributed by atoms with van der Waals surface area (Å²) in [6, 6.07) is 4.49. The smallest absolute Gasteiger partial charge is 0.387 e. The zero-order valence-corrected chi connectivity index (χ0v) is 13.1. The number of nitrogens with one attached hydrogen (secondary N) is 1. The number of hydrogen-bond donors (Lipinski definition) is 2. The number of carbonyl (C=O) groups excluding carboxylic acids is 1. The van der Waals surface area contributed by atoms with E-state index in [-0.39, 0.29) is 6.54 Å². The number of hydrogen-bond acceptors (Lipinski definition) is 3. The molecule has 1 unspecified atom stereocenters. The molecule has 0 heterocycles. The van der Waals surface area contributed by atoms with E-state index in [9.17, 15) is 23.1 Å². The Hall–Kier alpha value is -1.47. The Bertz CT molecular complexity index is 525. The largest absolute Gasteiger partial charge is 0.416 e. The number of rotatable bonds is 6. The fraction of sp³-hybridized carbons (Fsp3) is 0.400. The first kappa shape index (κ1) is 18.6. The van der Waals surface area contributed by atoms with Crippen LogP contribution < -0.4 is 5.32 Å². The molecule has 7 heteroatoms. The fourth-order valence-electron chi connectivity index (χ4n) is 1.65. The number of alkyl halides is 3. The fourth-order valence-corrected chi connectivity index (χ4v) is 2.38. The molecule has 1 atom stereocenters. The van der Waals surface area contributed by atoms with E-state index in [0.717, 1.165) is 12.1 Å². The average Bonchev–Trinajstić information content (AvgIpc) is 2.42. The van der Waals surface area contributed by atoms with Crippen LogP contribution in [0.15, 0.2) is 30.3 Å². The van der Waals surface area contributed by atoms with Crippen LogP contribution in [0.25, 0.3) is 6.08 Å².